The summed E-state index contributed by atoms with van der Waals surface area (Å²) in [7, 11) is 0. The molecule has 0 spiro atoms. The van der Waals surface area contributed by atoms with E-state index < -0.39 is 11.5 Å². The van der Waals surface area contributed by atoms with Gasteiger partial charge in [-0.25, -0.2) is 4.79 Å². The van der Waals surface area contributed by atoms with Gasteiger partial charge in [-0.15, -0.1) is 11.3 Å². The highest BCUT2D eigenvalue weighted by molar-refractivity contribution is 9.10. The van der Waals surface area contributed by atoms with Gasteiger partial charge in [0, 0.05) is 26.7 Å². The van der Waals surface area contributed by atoms with Gasteiger partial charge in [0.25, 0.3) is 0 Å². The van der Waals surface area contributed by atoms with Crippen molar-refractivity contribution in [3.8, 4) is 0 Å². The van der Waals surface area contributed by atoms with Crippen LogP contribution in [0.15, 0.2) is 15.9 Å². The zero-order valence-electron chi connectivity index (χ0n) is 10.8. The summed E-state index contributed by atoms with van der Waals surface area (Å²) in [6.07, 6.45) is 0.422. The first-order valence-corrected chi connectivity index (χ1v) is 7.46. The Morgan fingerprint density at radius 1 is 1.47 bits per heavy atom. The number of aliphatic carboxylic acids is 1. The number of amides is 2. The number of thiophene rings is 1. The highest BCUT2D eigenvalue weighted by atomic mass is 79.9. The van der Waals surface area contributed by atoms with Gasteiger partial charge < -0.3 is 15.7 Å². The summed E-state index contributed by atoms with van der Waals surface area (Å²) < 4.78 is 0.997. The molecule has 0 saturated heterocycles. The second-order valence-corrected chi connectivity index (χ2v) is 6.73. The Balaban J connectivity index is 2.35. The molecular formula is C12H17BrN2O3S. The van der Waals surface area contributed by atoms with E-state index in [4.69, 9.17) is 5.11 Å². The van der Waals surface area contributed by atoms with Crippen LogP contribution in [0.5, 0.6) is 0 Å². The zero-order valence-corrected chi connectivity index (χ0v) is 13.2. The van der Waals surface area contributed by atoms with Gasteiger partial charge in [-0.3, -0.25) is 4.79 Å². The van der Waals surface area contributed by atoms with Crippen molar-refractivity contribution in [3.05, 3.63) is 20.8 Å². The Bertz CT molecular complexity index is 460. The lowest BCUT2D eigenvalue weighted by Crippen LogP contribution is -2.48. The molecule has 0 aromatic carbocycles. The van der Waals surface area contributed by atoms with E-state index in [9.17, 15) is 9.59 Å². The number of hydrogen-bond donors (Lipinski definition) is 3. The van der Waals surface area contributed by atoms with Crippen LogP contribution >= 0.6 is 27.3 Å². The molecule has 0 aliphatic carbocycles. The summed E-state index contributed by atoms with van der Waals surface area (Å²) in [6, 6.07) is 1.65. The van der Waals surface area contributed by atoms with E-state index in [-0.39, 0.29) is 12.5 Å². The molecule has 1 aromatic rings. The van der Waals surface area contributed by atoms with Crippen molar-refractivity contribution in [1.29, 1.82) is 0 Å². The molecule has 106 valence electrons. The number of carboxylic acid groups (broad SMARTS) is 1. The highest BCUT2D eigenvalue weighted by Crippen LogP contribution is 2.19. The van der Waals surface area contributed by atoms with Crippen LogP contribution in [0.2, 0.25) is 0 Å². The molecule has 0 fully saturated rings. The Morgan fingerprint density at radius 3 is 2.68 bits per heavy atom. The van der Waals surface area contributed by atoms with Crippen LogP contribution in [0.3, 0.4) is 0 Å². The first-order chi connectivity index (χ1) is 8.78. The lowest BCUT2D eigenvalue weighted by Gasteiger charge is -2.25. The van der Waals surface area contributed by atoms with E-state index >= 15 is 0 Å². The van der Waals surface area contributed by atoms with Crippen molar-refractivity contribution >= 4 is 39.3 Å². The van der Waals surface area contributed by atoms with Crippen LogP contribution in [-0.2, 0) is 11.3 Å². The number of carbonyl (C=O) groups is 2. The number of carboxylic acids is 1. The van der Waals surface area contributed by atoms with Gasteiger partial charge in [-0.05, 0) is 42.3 Å². The molecule has 0 radical (unpaired) electrons. The summed E-state index contributed by atoms with van der Waals surface area (Å²) in [5.41, 5.74) is -0.543. The van der Waals surface area contributed by atoms with E-state index in [1.165, 1.54) is 0 Å². The van der Waals surface area contributed by atoms with Crippen LogP contribution < -0.4 is 10.6 Å². The van der Waals surface area contributed by atoms with Crippen LogP contribution in [0.1, 0.15) is 31.6 Å². The molecule has 0 saturated carbocycles. The Kier molecular flexibility index (Phi) is 5.81. The molecule has 0 aliphatic heterocycles. The summed E-state index contributed by atoms with van der Waals surface area (Å²) >= 11 is 4.91. The number of rotatable bonds is 6. The van der Waals surface area contributed by atoms with E-state index in [0.29, 0.717) is 13.0 Å². The monoisotopic (exact) mass is 348 g/mol. The molecule has 0 aliphatic rings. The van der Waals surface area contributed by atoms with Crippen LogP contribution in [0.4, 0.5) is 4.79 Å². The van der Waals surface area contributed by atoms with Crippen molar-refractivity contribution < 1.29 is 14.7 Å². The Morgan fingerprint density at radius 2 is 2.16 bits per heavy atom. The second kappa shape index (κ2) is 6.91. The Labute approximate surface area is 124 Å². The molecular weight excluding hydrogens is 332 g/mol. The third kappa shape index (κ3) is 6.58. The first-order valence-electron chi connectivity index (χ1n) is 5.79. The smallest absolute Gasteiger partial charge is 0.315 e. The predicted molar refractivity (Wildman–Crippen MR) is 78.3 cm³/mol. The minimum absolute atomic E-state index is 0.0329. The van der Waals surface area contributed by atoms with Gasteiger partial charge in [0.05, 0.1) is 6.54 Å². The molecule has 7 heteroatoms. The van der Waals surface area contributed by atoms with Crippen molar-refractivity contribution in [2.75, 3.05) is 0 Å². The number of hydrogen-bond acceptors (Lipinski definition) is 3. The quantitative estimate of drug-likeness (QED) is 0.739. The molecule has 2 amide bonds. The average molecular weight is 349 g/mol. The summed E-state index contributed by atoms with van der Waals surface area (Å²) in [5.74, 6) is -0.862. The van der Waals surface area contributed by atoms with Gasteiger partial charge in [-0.2, -0.15) is 0 Å². The van der Waals surface area contributed by atoms with Crippen molar-refractivity contribution in [2.24, 2.45) is 0 Å². The molecule has 1 heterocycles. The highest BCUT2D eigenvalue weighted by Gasteiger charge is 2.21. The third-order valence-corrected chi connectivity index (χ3v) is 4.16. The van der Waals surface area contributed by atoms with Gasteiger partial charge in [0.15, 0.2) is 0 Å². The van der Waals surface area contributed by atoms with Crippen LogP contribution in [0.25, 0.3) is 0 Å². The number of halogens is 1. The maximum Gasteiger partial charge on any atom is 0.315 e. The fourth-order valence-electron chi connectivity index (χ4n) is 1.45. The van der Waals surface area contributed by atoms with E-state index in [2.05, 4.69) is 26.6 Å². The van der Waals surface area contributed by atoms with E-state index in [1.807, 2.05) is 11.4 Å². The topological polar surface area (TPSA) is 78.4 Å². The summed E-state index contributed by atoms with van der Waals surface area (Å²) in [4.78, 5) is 23.3. The fourth-order valence-corrected chi connectivity index (χ4v) is 2.84. The third-order valence-electron chi connectivity index (χ3n) is 2.46. The van der Waals surface area contributed by atoms with Crippen molar-refractivity contribution in [2.45, 2.75) is 38.8 Å². The number of urea groups is 1. The van der Waals surface area contributed by atoms with Crippen LogP contribution in [0, 0.1) is 0 Å². The van der Waals surface area contributed by atoms with Crippen molar-refractivity contribution in [1.82, 2.24) is 10.6 Å². The van der Waals surface area contributed by atoms with Gasteiger partial charge >= 0.3 is 12.0 Å². The molecule has 5 nitrogen and oxygen atoms in total. The average Bonchev–Trinajstić information content (AvgIpc) is 2.69. The fraction of sp³-hybridized carbons (Fsp3) is 0.500. The van der Waals surface area contributed by atoms with E-state index in [0.717, 1.165) is 9.35 Å². The minimum Gasteiger partial charge on any atom is -0.481 e. The lowest BCUT2D eigenvalue weighted by atomic mass is 9.99. The van der Waals surface area contributed by atoms with Gasteiger partial charge in [-0.1, -0.05) is 0 Å². The number of carbonyl (C=O) groups excluding carboxylic acids is 1. The largest absolute Gasteiger partial charge is 0.481 e. The normalized spacial score (nSPS) is 11.1. The Hall–Kier alpha value is -1.08. The SMILES string of the molecule is CC(C)(CCC(=O)O)NC(=O)NCc1cc(Br)cs1. The molecule has 0 atom stereocenters. The maximum absolute atomic E-state index is 11.7. The molecule has 1 aromatic heterocycles. The molecule has 0 unspecified atom stereocenters. The molecule has 3 N–H and O–H groups in total. The number of nitrogens with one attached hydrogen (secondary N) is 2. The first kappa shape index (κ1) is 16.0. The van der Waals surface area contributed by atoms with E-state index in [1.54, 1.807) is 25.2 Å². The van der Waals surface area contributed by atoms with Crippen molar-refractivity contribution in [3.63, 3.8) is 0 Å². The molecule has 0 bridgehead atoms. The molecule has 19 heavy (non-hydrogen) atoms. The second-order valence-electron chi connectivity index (χ2n) is 4.82. The maximum atomic E-state index is 11.7. The zero-order chi connectivity index (χ0) is 14.5. The van der Waals surface area contributed by atoms with Gasteiger partial charge in [0.1, 0.15) is 0 Å². The van der Waals surface area contributed by atoms with Gasteiger partial charge in [0.2, 0.25) is 0 Å². The van der Waals surface area contributed by atoms with Crippen LogP contribution in [-0.4, -0.2) is 22.6 Å². The standard InChI is InChI=1S/C12H17BrN2O3S/c1-12(2,4-3-10(16)17)15-11(18)14-6-9-5-8(13)7-19-9/h5,7H,3-4,6H2,1-2H3,(H,16,17)(H2,14,15,18). The predicted octanol–water partition coefficient (Wildman–Crippen LogP) is 2.95. The minimum atomic E-state index is -0.862. The summed E-state index contributed by atoms with van der Waals surface area (Å²) in [6.45, 7) is 4.06. The molecule has 1 rings (SSSR count). The lowest BCUT2D eigenvalue weighted by molar-refractivity contribution is -0.137. The summed E-state index contributed by atoms with van der Waals surface area (Å²) in [5, 5.41) is 16.1.